The second-order valence-electron chi connectivity index (χ2n) is 7.29. The van der Waals surface area contributed by atoms with Gasteiger partial charge in [-0.1, -0.05) is 25.2 Å². The molecule has 0 saturated carbocycles. The zero-order chi connectivity index (χ0) is 16.7. The van der Waals surface area contributed by atoms with Crippen molar-refractivity contribution in [3.05, 3.63) is 10.6 Å². The molecule has 1 aromatic heterocycles. The van der Waals surface area contributed by atoms with Crippen LogP contribution in [-0.4, -0.2) is 36.4 Å². The van der Waals surface area contributed by atoms with E-state index in [4.69, 9.17) is 10.5 Å². The SMILES string of the molecule is CC1(C)CC(=O)c2sc(NC(=O)C3(CN)CCOCC3)nc2C1. The number of Topliss-reactive ketones (excluding diaryl/α,β-unsaturated/α-hetero) is 1. The zero-order valence-electron chi connectivity index (χ0n) is 13.6. The number of nitrogens with zero attached hydrogens (tertiary/aromatic N) is 1. The van der Waals surface area contributed by atoms with E-state index >= 15 is 0 Å². The van der Waals surface area contributed by atoms with Crippen LogP contribution in [0.25, 0.3) is 0 Å². The summed E-state index contributed by atoms with van der Waals surface area (Å²) in [6, 6.07) is 0. The average molecular weight is 337 g/mol. The highest BCUT2D eigenvalue weighted by Gasteiger charge is 2.40. The van der Waals surface area contributed by atoms with E-state index < -0.39 is 5.41 Å². The van der Waals surface area contributed by atoms with Crippen molar-refractivity contribution < 1.29 is 14.3 Å². The highest BCUT2D eigenvalue weighted by molar-refractivity contribution is 7.17. The molecule has 3 N–H and O–H groups in total. The number of ether oxygens (including phenoxy) is 1. The molecule has 1 saturated heterocycles. The summed E-state index contributed by atoms with van der Waals surface area (Å²) in [6.45, 7) is 5.52. The number of fused-ring (bicyclic) bond motifs is 1. The van der Waals surface area contributed by atoms with Crippen LogP contribution in [0.1, 0.15) is 48.5 Å². The summed E-state index contributed by atoms with van der Waals surface area (Å²) < 4.78 is 5.34. The number of nitrogens with two attached hydrogens (primary N) is 1. The summed E-state index contributed by atoms with van der Waals surface area (Å²) in [5, 5.41) is 3.39. The predicted octanol–water partition coefficient (Wildman–Crippen LogP) is 1.99. The maximum Gasteiger partial charge on any atom is 0.233 e. The van der Waals surface area contributed by atoms with Gasteiger partial charge in [0.2, 0.25) is 5.91 Å². The normalized spacial score (nSPS) is 22.5. The summed E-state index contributed by atoms with van der Waals surface area (Å²) in [6.07, 6.45) is 2.52. The molecule has 0 aromatic carbocycles. The number of carbonyl (C=O) groups excluding carboxylic acids is 2. The maximum atomic E-state index is 12.7. The van der Waals surface area contributed by atoms with Gasteiger partial charge in [-0.25, -0.2) is 4.98 Å². The van der Waals surface area contributed by atoms with E-state index in [1.165, 1.54) is 11.3 Å². The Hall–Kier alpha value is -1.31. The van der Waals surface area contributed by atoms with Gasteiger partial charge >= 0.3 is 0 Å². The number of hydrogen-bond acceptors (Lipinski definition) is 6. The van der Waals surface area contributed by atoms with Gasteiger partial charge in [0.15, 0.2) is 10.9 Å². The Morgan fingerprint density at radius 1 is 1.35 bits per heavy atom. The van der Waals surface area contributed by atoms with Gasteiger partial charge in [-0.15, -0.1) is 0 Å². The number of nitrogens with one attached hydrogen (secondary N) is 1. The van der Waals surface area contributed by atoms with Gasteiger partial charge in [-0.3, -0.25) is 9.59 Å². The molecular formula is C16H23N3O3S. The van der Waals surface area contributed by atoms with Crippen molar-refractivity contribution in [2.75, 3.05) is 25.1 Å². The minimum atomic E-state index is -0.590. The highest BCUT2D eigenvalue weighted by atomic mass is 32.1. The lowest BCUT2D eigenvalue weighted by Crippen LogP contribution is -2.46. The quantitative estimate of drug-likeness (QED) is 0.879. The standard InChI is InChI=1S/C16H23N3O3S/c1-15(2)7-10-12(11(20)8-15)23-14(18-10)19-13(21)16(9-17)3-5-22-6-4-16/h3-9,17H2,1-2H3,(H,18,19,21). The molecule has 0 bridgehead atoms. The van der Waals surface area contributed by atoms with Crippen LogP contribution in [0.3, 0.4) is 0 Å². The molecule has 2 heterocycles. The van der Waals surface area contributed by atoms with Crippen LogP contribution in [-0.2, 0) is 16.0 Å². The third kappa shape index (κ3) is 3.18. The molecule has 1 aromatic rings. The van der Waals surface area contributed by atoms with E-state index in [2.05, 4.69) is 24.1 Å². The second kappa shape index (κ2) is 5.96. The molecule has 0 atom stereocenters. The van der Waals surface area contributed by atoms with Crippen molar-refractivity contribution >= 4 is 28.2 Å². The first-order valence-corrected chi connectivity index (χ1v) is 8.79. The minimum absolute atomic E-state index is 0.0708. The molecule has 1 aliphatic carbocycles. The van der Waals surface area contributed by atoms with Crippen LogP contribution in [0.4, 0.5) is 5.13 Å². The molecule has 0 spiro atoms. The van der Waals surface area contributed by atoms with E-state index in [-0.39, 0.29) is 17.1 Å². The zero-order valence-corrected chi connectivity index (χ0v) is 14.4. The van der Waals surface area contributed by atoms with Crippen molar-refractivity contribution in [3.8, 4) is 0 Å². The first-order valence-electron chi connectivity index (χ1n) is 7.97. The van der Waals surface area contributed by atoms with E-state index in [9.17, 15) is 9.59 Å². The third-order valence-electron chi connectivity index (χ3n) is 4.78. The van der Waals surface area contributed by atoms with E-state index in [0.29, 0.717) is 49.0 Å². The summed E-state index contributed by atoms with van der Waals surface area (Å²) in [4.78, 5) is 30.1. The lowest BCUT2D eigenvalue weighted by molar-refractivity contribution is -0.130. The number of ketones is 1. The van der Waals surface area contributed by atoms with E-state index in [0.717, 1.165) is 12.1 Å². The van der Waals surface area contributed by atoms with Gasteiger partial charge in [-0.2, -0.15) is 0 Å². The van der Waals surface area contributed by atoms with Crippen LogP contribution in [0.2, 0.25) is 0 Å². The summed E-state index contributed by atoms with van der Waals surface area (Å²) in [5.41, 5.74) is 6.01. The predicted molar refractivity (Wildman–Crippen MR) is 88.7 cm³/mol. The van der Waals surface area contributed by atoms with Gasteiger partial charge in [0.05, 0.1) is 16.0 Å². The van der Waals surface area contributed by atoms with Gasteiger partial charge in [-0.05, 0) is 24.7 Å². The molecule has 0 radical (unpaired) electrons. The number of anilines is 1. The van der Waals surface area contributed by atoms with Crippen LogP contribution in [0.15, 0.2) is 0 Å². The van der Waals surface area contributed by atoms with Crippen molar-refractivity contribution in [2.24, 2.45) is 16.6 Å². The first-order chi connectivity index (χ1) is 10.9. The number of amides is 1. The molecule has 126 valence electrons. The van der Waals surface area contributed by atoms with Crippen LogP contribution in [0.5, 0.6) is 0 Å². The lowest BCUT2D eigenvalue weighted by atomic mass is 9.78. The molecule has 7 heteroatoms. The first kappa shape index (κ1) is 16.5. The molecule has 2 aliphatic rings. The third-order valence-corrected chi connectivity index (χ3v) is 5.83. The Kier molecular flexibility index (Phi) is 4.29. The fourth-order valence-electron chi connectivity index (χ4n) is 3.29. The smallest absolute Gasteiger partial charge is 0.233 e. The number of carbonyl (C=O) groups is 2. The molecule has 1 amide bonds. The van der Waals surface area contributed by atoms with Crippen molar-refractivity contribution in [2.45, 2.75) is 39.5 Å². The second-order valence-corrected chi connectivity index (χ2v) is 8.29. The summed E-state index contributed by atoms with van der Waals surface area (Å²) >= 11 is 1.28. The fraction of sp³-hybridized carbons (Fsp3) is 0.688. The number of rotatable bonds is 3. The minimum Gasteiger partial charge on any atom is -0.381 e. The topological polar surface area (TPSA) is 94.3 Å². The largest absolute Gasteiger partial charge is 0.381 e. The molecule has 23 heavy (non-hydrogen) atoms. The highest BCUT2D eigenvalue weighted by Crippen LogP contribution is 2.39. The van der Waals surface area contributed by atoms with Gasteiger partial charge < -0.3 is 15.8 Å². The van der Waals surface area contributed by atoms with Gasteiger partial charge in [0, 0.05) is 26.2 Å². The molecule has 0 unspecified atom stereocenters. The fourth-order valence-corrected chi connectivity index (χ4v) is 4.20. The molecule has 1 fully saturated rings. The molecular weight excluding hydrogens is 314 g/mol. The maximum absolute atomic E-state index is 12.7. The number of aromatic nitrogens is 1. The van der Waals surface area contributed by atoms with E-state index in [1.807, 2.05) is 0 Å². The van der Waals surface area contributed by atoms with Crippen molar-refractivity contribution in [3.63, 3.8) is 0 Å². The summed E-state index contributed by atoms with van der Waals surface area (Å²) in [7, 11) is 0. The number of thiazole rings is 1. The summed E-state index contributed by atoms with van der Waals surface area (Å²) in [5.74, 6) is 0.00922. The molecule has 6 nitrogen and oxygen atoms in total. The Morgan fingerprint density at radius 2 is 2.04 bits per heavy atom. The van der Waals surface area contributed by atoms with Crippen LogP contribution >= 0.6 is 11.3 Å². The van der Waals surface area contributed by atoms with Crippen molar-refractivity contribution in [1.82, 2.24) is 4.98 Å². The monoisotopic (exact) mass is 337 g/mol. The van der Waals surface area contributed by atoms with Gasteiger partial charge in [0.1, 0.15) is 0 Å². The van der Waals surface area contributed by atoms with E-state index in [1.54, 1.807) is 0 Å². The molecule has 1 aliphatic heterocycles. The van der Waals surface area contributed by atoms with Gasteiger partial charge in [0.25, 0.3) is 0 Å². The average Bonchev–Trinajstić information content (AvgIpc) is 2.89. The van der Waals surface area contributed by atoms with Crippen LogP contribution in [0, 0.1) is 10.8 Å². The lowest BCUT2D eigenvalue weighted by Gasteiger charge is -2.34. The Bertz CT molecular complexity index is 633. The Balaban J connectivity index is 1.79. The number of hydrogen-bond donors (Lipinski definition) is 2. The Labute approximate surface area is 139 Å². The Morgan fingerprint density at radius 3 is 2.70 bits per heavy atom. The van der Waals surface area contributed by atoms with Crippen LogP contribution < -0.4 is 11.1 Å². The van der Waals surface area contributed by atoms with Crippen molar-refractivity contribution in [1.29, 1.82) is 0 Å². The molecule has 3 rings (SSSR count).